The van der Waals surface area contributed by atoms with Crippen LogP contribution in [0.3, 0.4) is 0 Å². The number of anilines is 1. The molecule has 120 valence electrons. The molecule has 0 amide bonds. The van der Waals surface area contributed by atoms with Crippen molar-refractivity contribution in [2.75, 3.05) is 16.2 Å². The Hall–Kier alpha value is -1.73. The second kappa shape index (κ2) is 5.81. The van der Waals surface area contributed by atoms with E-state index in [1.807, 2.05) is 0 Å². The summed E-state index contributed by atoms with van der Waals surface area (Å²) in [6, 6.07) is 2.79. The molecule has 0 fully saturated rings. The summed E-state index contributed by atoms with van der Waals surface area (Å²) in [6.45, 7) is 0. The van der Waals surface area contributed by atoms with E-state index < -0.39 is 20.0 Å². The molecule has 0 aliphatic heterocycles. The van der Waals surface area contributed by atoms with Crippen LogP contribution < -0.4 is 3.71 Å². The molecule has 0 saturated heterocycles. The molecule has 0 aromatic carbocycles. The third kappa shape index (κ3) is 3.53. The smallest absolute Gasteiger partial charge is 0.245 e. The minimum absolute atomic E-state index is 0.0829. The molecule has 2 rings (SSSR count). The van der Waals surface area contributed by atoms with Gasteiger partial charge in [0, 0.05) is 13.2 Å². The van der Waals surface area contributed by atoms with Crippen molar-refractivity contribution >= 4 is 37.5 Å². The number of sulfonamides is 2. The van der Waals surface area contributed by atoms with E-state index in [0.717, 1.165) is 24.3 Å². The number of tetrazole rings is 1. The van der Waals surface area contributed by atoms with E-state index in [2.05, 4.69) is 20.5 Å². The quantitative estimate of drug-likeness (QED) is 0.688. The monoisotopic (exact) mass is 364 g/mol. The number of aryl methyl sites for hydroxylation is 1. The van der Waals surface area contributed by atoms with Crippen molar-refractivity contribution in [1.82, 2.24) is 25.2 Å². The minimum atomic E-state index is -4.05. The molecule has 0 N–H and O–H groups in total. The fourth-order valence-corrected chi connectivity index (χ4v) is 5.49. The van der Waals surface area contributed by atoms with Crippen LogP contribution in [0.5, 0.6) is 0 Å². The Balaban J connectivity index is 2.59. The molecule has 2 aromatic heterocycles. The molecule has 0 spiro atoms. The Morgan fingerprint density at radius 3 is 2.32 bits per heavy atom. The number of hydrogen-bond acceptors (Lipinski definition) is 9. The van der Waals surface area contributed by atoms with Gasteiger partial charge in [-0.15, -0.1) is 5.10 Å². The van der Waals surface area contributed by atoms with Crippen LogP contribution in [0.15, 0.2) is 28.5 Å². The summed E-state index contributed by atoms with van der Waals surface area (Å²) in [7, 11) is -6.51. The van der Waals surface area contributed by atoms with E-state index in [1.165, 1.54) is 23.0 Å². The van der Waals surface area contributed by atoms with Gasteiger partial charge in [-0.25, -0.2) is 26.5 Å². The lowest BCUT2D eigenvalue weighted by Crippen LogP contribution is -2.35. The average molecular weight is 364 g/mol. The van der Waals surface area contributed by atoms with Crippen molar-refractivity contribution in [2.45, 2.75) is 10.2 Å². The van der Waals surface area contributed by atoms with Crippen LogP contribution in [0.25, 0.3) is 0 Å². The second-order valence-electron chi connectivity index (χ2n) is 4.24. The van der Waals surface area contributed by atoms with Gasteiger partial charge in [0.2, 0.25) is 25.2 Å². The Morgan fingerprint density at radius 1 is 1.18 bits per heavy atom. The van der Waals surface area contributed by atoms with Gasteiger partial charge in [0.1, 0.15) is 10.7 Å². The summed E-state index contributed by atoms with van der Waals surface area (Å²) in [5.74, 6) is 0. The summed E-state index contributed by atoms with van der Waals surface area (Å²) in [5.41, 5.74) is -0.0829. The predicted octanol–water partition coefficient (Wildman–Crippen LogP) is -0.518. The second-order valence-corrected chi connectivity index (χ2v) is 9.09. The zero-order chi connectivity index (χ0) is 16.5. The molecule has 10 nitrogen and oxygen atoms in total. The predicted molar refractivity (Wildman–Crippen MR) is 79.3 cm³/mol. The number of rotatable bonds is 5. The van der Waals surface area contributed by atoms with Crippen LogP contribution >= 0.6 is 11.8 Å². The molecule has 2 heterocycles. The summed E-state index contributed by atoms with van der Waals surface area (Å²) in [6.07, 6.45) is 3.02. The number of nitrogens with zero attached hydrogens (tertiary/aromatic N) is 6. The Kier molecular flexibility index (Phi) is 4.39. The standard InChI is InChI=1S/C9H12N6O4S3/c1-14-9(11-12-13-14)20-8-7(5-4-6-10-8)15(21(2,16)17)22(3,18)19/h4-6H,1-3H3. The Labute approximate surface area is 131 Å². The fourth-order valence-electron chi connectivity index (χ4n) is 1.60. The molecular formula is C9H12N6O4S3. The molecule has 0 bridgehead atoms. The normalized spacial score (nSPS) is 12.3. The molecule has 22 heavy (non-hydrogen) atoms. The highest BCUT2D eigenvalue weighted by Gasteiger charge is 2.30. The molecule has 13 heteroatoms. The maximum Gasteiger partial charge on any atom is 0.245 e. The van der Waals surface area contributed by atoms with E-state index >= 15 is 0 Å². The lowest BCUT2D eigenvalue weighted by Gasteiger charge is -2.21. The lowest BCUT2D eigenvalue weighted by atomic mass is 10.4. The van der Waals surface area contributed by atoms with Crippen molar-refractivity contribution in [3.63, 3.8) is 0 Å². The third-order valence-corrected chi connectivity index (χ3v) is 6.58. The van der Waals surface area contributed by atoms with E-state index in [-0.39, 0.29) is 10.7 Å². The van der Waals surface area contributed by atoms with Crippen molar-refractivity contribution in [2.24, 2.45) is 7.05 Å². The van der Waals surface area contributed by atoms with E-state index in [0.29, 0.717) is 8.87 Å². The van der Waals surface area contributed by atoms with Gasteiger partial charge in [0.05, 0.1) is 12.5 Å². The van der Waals surface area contributed by atoms with Crippen LogP contribution in [-0.4, -0.2) is 54.5 Å². The van der Waals surface area contributed by atoms with Gasteiger partial charge in [-0.2, -0.15) is 3.71 Å². The first-order valence-electron chi connectivity index (χ1n) is 5.66. The molecule has 0 atom stereocenters. The molecule has 2 aromatic rings. The number of aromatic nitrogens is 5. The van der Waals surface area contributed by atoms with Crippen LogP contribution in [0.4, 0.5) is 5.69 Å². The van der Waals surface area contributed by atoms with Gasteiger partial charge in [-0.3, -0.25) is 0 Å². The van der Waals surface area contributed by atoms with Crippen LogP contribution in [0, 0.1) is 0 Å². The highest BCUT2D eigenvalue weighted by molar-refractivity contribution is 8.09. The summed E-state index contributed by atoms with van der Waals surface area (Å²) in [4.78, 5) is 4.03. The molecule has 0 unspecified atom stereocenters. The van der Waals surface area contributed by atoms with Crippen molar-refractivity contribution in [3.05, 3.63) is 18.3 Å². The highest BCUT2D eigenvalue weighted by atomic mass is 32.3. The van der Waals surface area contributed by atoms with E-state index in [1.54, 1.807) is 7.05 Å². The molecular weight excluding hydrogens is 352 g/mol. The van der Waals surface area contributed by atoms with Gasteiger partial charge in [-0.05, 0) is 34.3 Å². The van der Waals surface area contributed by atoms with Crippen molar-refractivity contribution < 1.29 is 16.8 Å². The molecule has 0 aliphatic carbocycles. The van der Waals surface area contributed by atoms with Crippen molar-refractivity contribution in [3.8, 4) is 0 Å². The lowest BCUT2D eigenvalue weighted by molar-refractivity contribution is 0.590. The van der Waals surface area contributed by atoms with Gasteiger partial charge in [0.15, 0.2) is 0 Å². The molecule has 0 saturated carbocycles. The fraction of sp³-hybridized carbons (Fsp3) is 0.333. The maximum atomic E-state index is 11.9. The molecule has 0 radical (unpaired) electrons. The largest absolute Gasteiger partial charge is 0.247 e. The van der Waals surface area contributed by atoms with Gasteiger partial charge in [0.25, 0.3) is 0 Å². The molecule has 0 aliphatic rings. The maximum absolute atomic E-state index is 11.9. The van der Waals surface area contributed by atoms with Crippen LogP contribution in [-0.2, 0) is 27.1 Å². The first-order valence-corrected chi connectivity index (χ1v) is 10.2. The summed E-state index contributed by atoms with van der Waals surface area (Å²) < 4.78 is 49.1. The highest BCUT2D eigenvalue weighted by Crippen LogP contribution is 2.34. The summed E-state index contributed by atoms with van der Waals surface area (Å²) in [5, 5.41) is 11.3. The zero-order valence-corrected chi connectivity index (χ0v) is 14.2. The third-order valence-electron chi connectivity index (χ3n) is 2.32. The zero-order valence-electron chi connectivity index (χ0n) is 11.8. The Bertz CT molecular complexity index is 860. The summed E-state index contributed by atoms with van der Waals surface area (Å²) >= 11 is 0.953. The number of hydrogen-bond donors (Lipinski definition) is 0. The minimum Gasteiger partial charge on any atom is -0.247 e. The first-order chi connectivity index (χ1) is 10.1. The number of pyridine rings is 1. The average Bonchev–Trinajstić information content (AvgIpc) is 2.74. The van der Waals surface area contributed by atoms with Crippen LogP contribution in [0.2, 0.25) is 0 Å². The van der Waals surface area contributed by atoms with Crippen LogP contribution in [0.1, 0.15) is 0 Å². The first kappa shape index (κ1) is 16.6. The van der Waals surface area contributed by atoms with Gasteiger partial charge < -0.3 is 0 Å². The van der Waals surface area contributed by atoms with Gasteiger partial charge >= 0.3 is 0 Å². The van der Waals surface area contributed by atoms with E-state index in [9.17, 15) is 16.8 Å². The topological polar surface area (TPSA) is 128 Å². The van der Waals surface area contributed by atoms with Crippen molar-refractivity contribution in [1.29, 1.82) is 0 Å². The Morgan fingerprint density at radius 2 is 1.82 bits per heavy atom. The van der Waals surface area contributed by atoms with E-state index in [4.69, 9.17) is 0 Å². The SMILES string of the molecule is Cn1nnnc1Sc1ncccc1N(S(C)(=O)=O)S(C)(=O)=O. The van der Waals surface area contributed by atoms with Gasteiger partial charge in [-0.1, -0.05) is 0 Å².